The highest BCUT2D eigenvalue weighted by molar-refractivity contribution is 9.11. The van der Waals surface area contributed by atoms with Gasteiger partial charge in [0.1, 0.15) is 6.04 Å². The molecule has 0 saturated carbocycles. The van der Waals surface area contributed by atoms with Crippen molar-refractivity contribution >= 4 is 37.8 Å². The lowest BCUT2D eigenvalue weighted by molar-refractivity contribution is 0.0764. The van der Waals surface area contributed by atoms with Crippen molar-refractivity contribution in [1.82, 2.24) is 4.90 Å². The van der Waals surface area contributed by atoms with E-state index in [9.17, 15) is 4.79 Å². The quantitative estimate of drug-likeness (QED) is 0.773. The summed E-state index contributed by atoms with van der Waals surface area (Å²) in [6.45, 7) is 0.663. The first kappa shape index (κ1) is 12.6. The van der Waals surface area contributed by atoms with E-state index in [2.05, 4.69) is 37.9 Å². The highest BCUT2D eigenvalue weighted by Crippen LogP contribution is 2.26. The number of nitrogens with zero attached hydrogens (tertiary/aromatic N) is 2. The van der Waals surface area contributed by atoms with Gasteiger partial charge >= 0.3 is 0 Å². The maximum absolute atomic E-state index is 12.3. The molecule has 0 spiro atoms. The lowest BCUT2D eigenvalue weighted by atomic mass is 10.2. The minimum atomic E-state index is -0.284. The van der Waals surface area contributed by atoms with Gasteiger partial charge in [-0.2, -0.15) is 5.26 Å². The second kappa shape index (κ2) is 5.19. The Morgan fingerprint density at radius 2 is 2.24 bits per heavy atom. The molecule has 88 valence electrons. The average Bonchev–Trinajstić information content (AvgIpc) is 2.79. The molecule has 0 radical (unpaired) electrons. The molecule has 3 nitrogen and oxygen atoms in total. The lowest BCUT2D eigenvalue weighted by Gasteiger charge is -2.20. The van der Waals surface area contributed by atoms with Crippen molar-refractivity contribution in [2.45, 2.75) is 18.9 Å². The Kier molecular flexibility index (Phi) is 3.85. The van der Waals surface area contributed by atoms with E-state index in [1.54, 1.807) is 11.0 Å². The van der Waals surface area contributed by atoms with Crippen molar-refractivity contribution < 1.29 is 4.79 Å². The van der Waals surface area contributed by atoms with Crippen LogP contribution < -0.4 is 0 Å². The summed E-state index contributed by atoms with van der Waals surface area (Å²) in [4.78, 5) is 14.0. The molecule has 1 fully saturated rings. The van der Waals surface area contributed by atoms with E-state index in [-0.39, 0.29) is 11.9 Å². The Bertz CT molecular complexity index is 496. The smallest absolute Gasteiger partial charge is 0.256 e. The molecule has 1 aromatic carbocycles. The minimum absolute atomic E-state index is 0.0813. The molecule has 1 amide bonds. The minimum Gasteiger partial charge on any atom is -0.323 e. The zero-order chi connectivity index (χ0) is 12.4. The number of benzene rings is 1. The van der Waals surface area contributed by atoms with E-state index in [1.165, 1.54) is 0 Å². The first-order chi connectivity index (χ1) is 8.13. The molecular formula is C12H10Br2N2O. The zero-order valence-electron chi connectivity index (χ0n) is 8.99. The molecule has 1 atom stereocenters. The van der Waals surface area contributed by atoms with Crippen LogP contribution in [0, 0.1) is 11.3 Å². The third-order valence-electron chi connectivity index (χ3n) is 2.82. The predicted molar refractivity (Wildman–Crippen MR) is 71.5 cm³/mol. The van der Waals surface area contributed by atoms with Crippen molar-refractivity contribution in [2.75, 3.05) is 6.54 Å². The fourth-order valence-electron chi connectivity index (χ4n) is 1.96. The summed E-state index contributed by atoms with van der Waals surface area (Å²) in [5, 5.41) is 8.99. The Morgan fingerprint density at radius 3 is 2.94 bits per heavy atom. The van der Waals surface area contributed by atoms with Crippen LogP contribution in [0.4, 0.5) is 0 Å². The standard InChI is InChI=1S/C12H10Br2N2O/c13-8-3-4-11(14)10(6-8)12(17)16-5-1-2-9(16)7-15/h3-4,6,9H,1-2,5H2. The first-order valence-electron chi connectivity index (χ1n) is 5.29. The second-order valence-electron chi connectivity index (χ2n) is 3.91. The number of carbonyl (C=O) groups excluding carboxylic acids is 1. The Hall–Kier alpha value is -0.860. The maximum Gasteiger partial charge on any atom is 0.256 e. The van der Waals surface area contributed by atoms with Crippen LogP contribution in [0.25, 0.3) is 0 Å². The predicted octanol–water partition coefficient (Wildman–Crippen LogP) is 3.34. The number of carbonyl (C=O) groups is 1. The van der Waals surface area contributed by atoms with E-state index in [0.717, 1.165) is 21.8 Å². The third-order valence-corrected chi connectivity index (χ3v) is 4.01. The van der Waals surface area contributed by atoms with Gasteiger partial charge in [0.25, 0.3) is 5.91 Å². The number of amides is 1. The van der Waals surface area contributed by atoms with Gasteiger partial charge in [0.05, 0.1) is 11.6 Å². The average molecular weight is 358 g/mol. The lowest BCUT2D eigenvalue weighted by Crippen LogP contribution is -2.34. The van der Waals surface area contributed by atoms with Crippen molar-refractivity contribution in [3.63, 3.8) is 0 Å². The largest absolute Gasteiger partial charge is 0.323 e. The van der Waals surface area contributed by atoms with Crippen LogP contribution in [0.2, 0.25) is 0 Å². The van der Waals surface area contributed by atoms with E-state index in [4.69, 9.17) is 5.26 Å². The van der Waals surface area contributed by atoms with Crippen LogP contribution in [0.5, 0.6) is 0 Å². The van der Waals surface area contributed by atoms with Crippen LogP contribution in [-0.4, -0.2) is 23.4 Å². The molecule has 0 bridgehead atoms. The highest BCUT2D eigenvalue weighted by atomic mass is 79.9. The molecule has 1 aliphatic rings. The van der Waals surface area contributed by atoms with Gasteiger partial charge in [0.2, 0.25) is 0 Å². The number of hydrogen-bond donors (Lipinski definition) is 0. The third kappa shape index (κ3) is 2.53. The summed E-state index contributed by atoms with van der Waals surface area (Å²) in [5.74, 6) is -0.0813. The van der Waals surface area contributed by atoms with Crippen LogP contribution in [0.3, 0.4) is 0 Å². The summed E-state index contributed by atoms with van der Waals surface area (Å²) in [7, 11) is 0. The van der Waals surface area contributed by atoms with E-state index < -0.39 is 0 Å². The van der Waals surface area contributed by atoms with Gasteiger partial charge in [0, 0.05) is 15.5 Å². The summed E-state index contributed by atoms with van der Waals surface area (Å²) >= 11 is 6.72. The van der Waals surface area contributed by atoms with Crippen molar-refractivity contribution in [2.24, 2.45) is 0 Å². The molecular weight excluding hydrogens is 348 g/mol. The normalized spacial score (nSPS) is 19.1. The van der Waals surface area contributed by atoms with Gasteiger partial charge < -0.3 is 4.90 Å². The number of rotatable bonds is 1. The van der Waals surface area contributed by atoms with Gasteiger partial charge in [-0.3, -0.25) is 4.79 Å². The number of halogens is 2. The number of nitriles is 1. The van der Waals surface area contributed by atoms with Gasteiger partial charge in [-0.25, -0.2) is 0 Å². The summed E-state index contributed by atoms with van der Waals surface area (Å²) in [6.07, 6.45) is 1.67. The molecule has 1 saturated heterocycles. The summed E-state index contributed by atoms with van der Waals surface area (Å²) in [5.41, 5.74) is 0.599. The fourth-order valence-corrected chi connectivity index (χ4v) is 2.74. The van der Waals surface area contributed by atoms with E-state index >= 15 is 0 Å². The molecule has 1 heterocycles. The van der Waals surface area contributed by atoms with Crippen molar-refractivity contribution in [1.29, 1.82) is 5.26 Å². The van der Waals surface area contributed by atoms with Crippen LogP contribution >= 0.6 is 31.9 Å². The molecule has 0 N–H and O–H groups in total. The molecule has 1 aliphatic heterocycles. The van der Waals surface area contributed by atoms with Gasteiger partial charge in [-0.15, -0.1) is 0 Å². The fraction of sp³-hybridized carbons (Fsp3) is 0.333. The highest BCUT2D eigenvalue weighted by Gasteiger charge is 2.30. The van der Waals surface area contributed by atoms with Crippen LogP contribution in [-0.2, 0) is 0 Å². The molecule has 1 aromatic rings. The van der Waals surface area contributed by atoms with Gasteiger partial charge in [-0.1, -0.05) is 15.9 Å². The Labute approximate surface area is 117 Å². The van der Waals surface area contributed by atoms with Crippen molar-refractivity contribution in [3.8, 4) is 6.07 Å². The first-order valence-corrected chi connectivity index (χ1v) is 6.87. The maximum atomic E-state index is 12.3. The number of likely N-dealkylation sites (tertiary alicyclic amines) is 1. The Morgan fingerprint density at radius 1 is 1.47 bits per heavy atom. The monoisotopic (exact) mass is 356 g/mol. The molecule has 0 aromatic heterocycles. The van der Waals surface area contributed by atoms with Gasteiger partial charge in [-0.05, 0) is 47.0 Å². The molecule has 17 heavy (non-hydrogen) atoms. The van der Waals surface area contributed by atoms with Crippen LogP contribution in [0.15, 0.2) is 27.1 Å². The molecule has 2 rings (SSSR count). The van der Waals surface area contributed by atoms with E-state index in [0.29, 0.717) is 12.1 Å². The van der Waals surface area contributed by atoms with Crippen molar-refractivity contribution in [3.05, 3.63) is 32.7 Å². The van der Waals surface area contributed by atoms with E-state index in [1.807, 2.05) is 12.1 Å². The molecule has 5 heteroatoms. The Balaban J connectivity index is 2.31. The molecule has 1 unspecified atom stereocenters. The van der Waals surface area contributed by atoms with Gasteiger partial charge in [0.15, 0.2) is 0 Å². The summed E-state index contributed by atoms with van der Waals surface area (Å²) < 4.78 is 1.62. The number of hydrogen-bond acceptors (Lipinski definition) is 2. The zero-order valence-corrected chi connectivity index (χ0v) is 12.2. The SMILES string of the molecule is N#CC1CCCN1C(=O)c1cc(Br)ccc1Br. The van der Waals surface area contributed by atoms with Crippen LogP contribution in [0.1, 0.15) is 23.2 Å². The summed E-state index contributed by atoms with van der Waals surface area (Å²) in [6, 6.07) is 7.37. The second-order valence-corrected chi connectivity index (χ2v) is 5.68. The topological polar surface area (TPSA) is 44.1 Å². The molecule has 0 aliphatic carbocycles.